The standard InChI is InChI=1S/C12H12N2O5/c1-7(15)13-6-8(4-12(16)17)10-5-9(14(18)19)2-3-11(10)13/h2-3,5,8H,4,6H2,1H3,(H,16,17). The summed E-state index contributed by atoms with van der Waals surface area (Å²) in [6.45, 7) is 1.63. The van der Waals surface area contributed by atoms with E-state index in [0.29, 0.717) is 11.3 Å². The summed E-state index contributed by atoms with van der Waals surface area (Å²) < 4.78 is 0. The number of amides is 1. The van der Waals surface area contributed by atoms with Gasteiger partial charge in [-0.15, -0.1) is 0 Å². The number of nitrogens with zero attached hydrogens (tertiary/aromatic N) is 2. The number of nitro groups is 1. The summed E-state index contributed by atoms with van der Waals surface area (Å²) in [6, 6.07) is 4.17. The van der Waals surface area contributed by atoms with E-state index in [-0.39, 0.29) is 24.6 Å². The van der Waals surface area contributed by atoms with Gasteiger partial charge in [-0.1, -0.05) is 0 Å². The molecule has 0 aromatic heterocycles. The molecule has 1 amide bonds. The van der Waals surface area contributed by atoms with Crippen LogP contribution in [0.2, 0.25) is 0 Å². The van der Waals surface area contributed by atoms with Crippen LogP contribution in [0.4, 0.5) is 11.4 Å². The number of anilines is 1. The molecule has 0 saturated heterocycles. The van der Waals surface area contributed by atoms with Crippen molar-refractivity contribution in [3.63, 3.8) is 0 Å². The van der Waals surface area contributed by atoms with Crippen molar-refractivity contribution in [1.82, 2.24) is 0 Å². The van der Waals surface area contributed by atoms with Crippen LogP contribution in [0.15, 0.2) is 18.2 Å². The first kappa shape index (κ1) is 13.0. The zero-order chi connectivity index (χ0) is 14.2. The van der Waals surface area contributed by atoms with Crippen molar-refractivity contribution < 1.29 is 19.6 Å². The quantitative estimate of drug-likeness (QED) is 0.658. The minimum Gasteiger partial charge on any atom is -0.481 e. The van der Waals surface area contributed by atoms with Gasteiger partial charge in [-0.05, 0) is 11.6 Å². The molecule has 19 heavy (non-hydrogen) atoms. The maximum Gasteiger partial charge on any atom is 0.304 e. The van der Waals surface area contributed by atoms with E-state index in [4.69, 9.17) is 5.11 Å². The van der Waals surface area contributed by atoms with Gasteiger partial charge in [-0.2, -0.15) is 0 Å². The Balaban J connectivity index is 2.46. The molecule has 7 nitrogen and oxygen atoms in total. The molecule has 0 radical (unpaired) electrons. The summed E-state index contributed by atoms with van der Waals surface area (Å²) in [5.74, 6) is -1.60. The third-order valence-electron chi connectivity index (χ3n) is 3.16. The largest absolute Gasteiger partial charge is 0.481 e. The second-order valence-corrected chi connectivity index (χ2v) is 4.42. The molecule has 0 spiro atoms. The number of aliphatic carboxylic acids is 1. The summed E-state index contributed by atoms with van der Waals surface area (Å²) in [5.41, 5.74) is 1.01. The van der Waals surface area contributed by atoms with Crippen molar-refractivity contribution in [2.75, 3.05) is 11.4 Å². The number of hydrogen-bond acceptors (Lipinski definition) is 4. The molecule has 0 aliphatic carbocycles. The van der Waals surface area contributed by atoms with Gasteiger partial charge in [0, 0.05) is 37.2 Å². The molecule has 7 heteroatoms. The fourth-order valence-electron chi connectivity index (χ4n) is 2.33. The van der Waals surface area contributed by atoms with Crippen molar-refractivity contribution in [3.8, 4) is 0 Å². The summed E-state index contributed by atoms with van der Waals surface area (Å²) in [6.07, 6.45) is -0.155. The third-order valence-corrected chi connectivity index (χ3v) is 3.16. The molecule has 1 aromatic carbocycles. The number of carboxylic acid groups (broad SMARTS) is 1. The minimum absolute atomic E-state index is 0.0976. The number of nitro benzene ring substituents is 1. The molecule has 1 aliphatic rings. The lowest BCUT2D eigenvalue weighted by molar-refractivity contribution is -0.384. The second-order valence-electron chi connectivity index (χ2n) is 4.42. The maximum absolute atomic E-state index is 11.5. The van der Waals surface area contributed by atoms with Gasteiger partial charge in [0.1, 0.15) is 0 Å². The molecule has 2 rings (SSSR count). The summed E-state index contributed by atoms with van der Waals surface area (Å²) in [5, 5.41) is 19.6. The highest BCUT2D eigenvalue weighted by molar-refractivity contribution is 5.94. The fraction of sp³-hybridized carbons (Fsp3) is 0.333. The van der Waals surface area contributed by atoms with Gasteiger partial charge in [-0.3, -0.25) is 19.7 Å². The second kappa shape index (κ2) is 4.68. The Morgan fingerprint density at radius 3 is 2.74 bits per heavy atom. The van der Waals surface area contributed by atoms with Crippen LogP contribution in [0.25, 0.3) is 0 Å². The van der Waals surface area contributed by atoms with Gasteiger partial charge >= 0.3 is 5.97 Å². The number of fused-ring (bicyclic) bond motifs is 1. The van der Waals surface area contributed by atoms with Crippen LogP contribution in [0, 0.1) is 10.1 Å². The lowest BCUT2D eigenvalue weighted by atomic mass is 9.97. The average molecular weight is 264 g/mol. The van der Waals surface area contributed by atoms with Gasteiger partial charge < -0.3 is 10.0 Å². The molecule has 0 fully saturated rings. The molecule has 0 saturated carbocycles. The first-order valence-electron chi connectivity index (χ1n) is 5.68. The Bertz CT molecular complexity index is 569. The third kappa shape index (κ3) is 2.40. The predicted octanol–water partition coefficient (Wildman–Crippen LogP) is 1.52. The fourth-order valence-corrected chi connectivity index (χ4v) is 2.33. The van der Waals surface area contributed by atoms with Crippen LogP contribution in [0.5, 0.6) is 0 Å². The lowest BCUT2D eigenvalue weighted by Crippen LogP contribution is -2.27. The molecular formula is C12H12N2O5. The number of non-ortho nitro benzene ring substituents is 1. The molecule has 100 valence electrons. The Hall–Kier alpha value is -2.44. The van der Waals surface area contributed by atoms with E-state index in [1.165, 1.54) is 30.0 Å². The first-order valence-corrected chi connectivity index (χ1v) is 5.68. The SMILES string of the molecule is CC(=O)N1CC(CC(=O)O)c2cc([N+](=O)[O-])ccc21. The lowest BCUT2D eigenvalue weighted by Gasteiger charge is -2.14. The van der Waals surface area contributed by atoms with Crippen molar-refractivity contribution in [2.45, 2.75) is 19.3 Å². The number of hydrogen-bond donors (Lipinski definition) is 1. The number of carbonyl (C=O) groups excluding carboxylic acids is 1. The van der Waals surface area contributed by atoms with Crippen molar-refractivity contribution >= 4 is 23.3 Å². The van der Waals surface area contributed by atoms with Gasteiger partial charge in [0.15, 0.2) is 0 Å². The van der Waals surface area contributed by atoms with E-state index < -0.39 is 16.8 Å². The van der Waals surface area contributed by atoms with Crippen LogP contribution >= 0.6 is 0 Å². The topological polar surface area (TPSA) is 101 Å². The number of benzene rings is 1. The average Bonchev–Trinajstić information content (AvgIpc) is 2.67. The summed E-state index contributed by atoms with van der Waals surface area (Å²) in [4.78, 5) is 34.0. The molecule has 1 aliphatic heterocycles. The molecule has 0 bridgehead atoms. The Labute approximate surface area is 108 Å². The minimum atomic E-state index is -0.993. The Morgan fingerprint density at radius 1 is 1.53 bits per heavy atom. The van der Waals surface area contributed by atoms with Gasteiger partial charge in [-0.25, -0.2) is 0 Å². The van der Waals surface area contributed by atoms with Crippen LogP contribution in [-0.4, -0.2) is 28.5 Å². The molecule has 1 N–H and O–H groups in total. The van der Waals surface area contributed by atoms with Gasteiger partial charge in [0.05, 0.1) is 11.3 Å². The normalized spacial score (nSPS) is 17.1. The molecule has 1 atom stereocenters. The summed E-state index contributed by atoms with van der Waals surface area (Å²) in [7, 11) is 0. The first-order chi connectivity index (χ1) is 8.90. The van der Waals surface area contributed by atoms with E-state index in [9.17, 15) is 19.7 Å². The van der Waals surface area contributed by atoms with Crippen molar-refractivity contribution in [1.29, 1.82) is 0 Å². The number of carbonyl (C=O) groups is 2. The van der Waals surface area contributed by atoms with Crippen molar-refractivity contribution in [3.05, 3.63) is 33.9 Å². The van der Waals surface area contributed by atoms with E-state index in [0.717, 1.165) is 0 Å². The molecule has 1 heterocycles. The highest BCUT2D eigenvalue weighted by Crippen LogP contribution is 2.40. The molecule has 1 unspecified atom stereocenters. The zero-order valence-electron chi connectivity index (χ0n) is 10.2. The predicted molar refractivity (Wildman–Crippen MR) is 66.1 cm³/mol. The van der Waals surface area contributed by atoms with Crippen LogP contribution in [0.3, 0.4) is 0 Å². The maximum atomic E-state index is 11.5. The highest BCUT2D eigenvalue weighted by atomic mass is 16.6. The van der Waals surface area contributed by atoms with Crippen molar-refractivity contribution in [2.24, 2.45) is 0 Å². The highest BCUT2D eigenvalue weighted by Gasteiger charge is 2.33. The Kier molecular flexibility index (Phi) is 3.20. The molecule has 1 aromatic rings. The number of rotatable bonds is 3. The van der Waals surface area contributed by atoms with Gasteiger partial charge in [0.2, 0.25) is 5.91 Å². The van der Waals surface area contributed by atoms with Gasteiger partial charge in [0.25, 0.3) is 5.69 Å². The Morgan fingerprint density at radius 2 is 2.21 bits per heavy atom. The number of carboxylic acids is 1. The van der Waals surface area contributed by atoms with Crippen LogP contribution in [0.1, 0.15) is 24.8 Å². The van der Waals surface area contributed by atoms with E-state index in [2.05, 4.69) is 0 Å². The van der Waals surface area contributed by atoms with E-state index >= 15 is 0 Å². The van der Waals surface area contributed by atoms with Crippen LogP contribution in [-0.2, 0) is 9.59 Å². The zero-order valence-corrected chi connectivity index (χ0v) is 10.2. The van der Waals surface area contributed by atoms with E-state index in [1.54, 1.807) is 0 Å². The monoisotopic (exact) mass is 264 g/mol. The smallest absolute Gasteiger partial charge is 0.304 e. The molecular weight excluding hydrogens is 252 g/mol. The van der Waals surface area contributed by atoms with Crippen LogP contribution < -0.4 is 4.90 Å². The summed E-state index contributed by atoms with van der Waals surface area (Å²) >= 11 is 0. The van der Waals surface area contributed by atoms with E-state index in [1.807, 2.05) is 0 Å².